The van der Waals surface area contributed by atoms with Crippen LogP contribution in [0.3, 0.4) is 0 Å². The van der Waals surface area contributed by atoms with Gasteiger partial charge in [0.05, 0.1) is 23.9 Å². The number of aliphatic hydroxyl groups excluding tert-OH is 2. The second-order valence-electron chi connectivity index (χ2n) is 12.9. The number of hydrogen-bond donors (Lipinski definition) is 2. The zero-order valence-corrected chi connectivity index (χ0v) is 28.4. The molecule has 0 aliphatic heterocycles. The van der Waals surface area contributed by atoms with E-state index in [4.69, 9.17) is 31.1 Å². The second kappa shape index (κ2) is 15.6. The van der Waals surface area contributed by atoms with Gasteiger partial charge < -0.3 is 14.9 Å². The van der Waals surface area contributed by atoms with Crippen molar-refractivity contribution in [1.82, 2.24) is 9.88 Å². The normalized spacial score (nSPS) is 12.9. The Kier molecular flexibility index (Phi) is 11.3. The molecule has 2 atom stereocenters. The van der Waals surface area contributed by atoms with E-state index in [2.05, 4.69) is 25.7 Å². The van der Waals surface area contributed by atoms with Crippen molar-refractivity contribution in [3.8, 4) is 17.2 Å². The van der Waals surface area contributed by atoms with Crippen molar-refractivity contribution in [3.63, 3.8) is 0 Å². The molecule has 1 heterocycles. The van der Waals surface area contributed by atoms with Gasteiger partial charge in [-0.25, -0.2) is 4.79 Å². The maximum Gasteiger partial charge on any atom is 0.352 e. The van der Waals surface area contributed by atoms with Crippen molar-refractivity contribution in [2.45, 2.75) is 58.2 Å². The number of pyridine rings is 1. The highest BCUT2D eigenvalue weighted by molar-refractivity contribution is 6.30. The van der Waals surface area contributed by atoms with Gasteiger partial charge in [-0.05, 0) is 59.5 Å². The number of aromatic nitrogens is 1. The van der Waals surface area contributed by atoms with Crippen molar-refractivity contribution in [2.24, 2.45) is 0 Å². The molecular formula is C39H41ClN2O6. The lowest BCUT2D eigenvalue weighted by atomic mass is 9.91. The van der Waals surface area contributed by atoms with Crippen LogP contribution < -0.4 is 9.62 Å². The molecule has 0 aliphatic rings. The Morgan fingerprint density at radius 3 is 2.29 bits per heavy atom. The third kappa shape index (κ3) is 9.33. The molecule has 4 aromatic carbocycles. The number of benzene rings is 4. The first-order valence-corrected chi connectivity index (χ1v) is 16.3. The van der Waals surface area contributed by atoms with Crippen LogP contribution >= 0.6 is 11.6 Å². The second-order valence-corrected chi connectivity index (χ2v) is 13.3. The molecule has 0 saturated heterocycles. The zero-order valence-electron chi connectivity index (χ0n) is 27.6. The zero-order chi connectivity index (χ0) is 34.3. The maximum atomic E-state index is 11.2. The van der Waals surface area contributed by atoms with E-state index in [-0.39, 0.29) is 18.1 Å². The Bertz CT molecular complexity index is 1830. The molecule has 0 amide bonds. The van der Waals surface area contributed by atoms with E-state index < -0.39 is 12.1 Å². The summed E-state index contributed by atoms with van der Waals surface area (Å²) in [5.41, 5.74) is 4.04. The molecule has 0 aliphatic carbocycles. The van der Waals surface area contributed by atoms with Gasteiger partial charge in [-0.3, -0.25) is 19.7 Å². The molecule has 9 heteroatoms. The van der Waals surface area contributed by atoms with Crippen molar-refractivity contribution < 1.29 is 29.5 Å². The average Bonchev–Trinajstić information content (AvgIpc) is 3.06. The van der Waals surface area contributed by atoms with E-state index >= 15 is 0 Å². The molecule has 48 heavy (non-hydrogen) atoms. The summed E-state index contributed by atoms with van der Waals surface area (Å²) in [6.07, 6.45) is -0.224. The fraction of sp³-hybridized carbons (Fsp3) is 0.282. The SMILES string of the molecule is CC(=O)OOc1ccc2c(Oc3ccc(C[C@@H](CO)N(Cc4ccccc4)C[C@H](O)c4cccc(Cl)c4)cc3)cc(C(C)(C)C)nc2c1. The molecule has 0 bridgehead atoms. The van der Waals surface area contributed by atoms with Gasteiger partial charge in [-0.2, -0.15) is 0 Å². The number of nitrogens with zero attached hydrogens (tertiary/aromatic N) is 2. The van der Waals surface area contributed by atoms with Crippen LogP contribution in [0.5, 0.6) is 17.2 Å². The van der Waals surface area contributed by atoms with E-state index in [1.807, 2.05) is 78.9 Å². The largest absolute Gasteiger partial charge is 0.457 e. The third-order valence-electron chi connectivity index (χ3n) is 7.99. The van der Waals surface area contributed by atoms with Gasteiger partial charge in [0, 0.05) is 54.0 Å². The van der Waals surface area contributed by atoms with Gasteiger partial charge in [0.2, 0.25) is 0 Å². The lowest BCUT2D eigenvalue weighted by Gasteiger charge is -2.32. The van der Waals surface area contributed by atoms with Crippen LogP contribution in [0.2, 0.25) is 5.02 Å². The van der Waals surface area contributed by atoms with E-state index in [0.717, 1.165) is 27.8 Å². The molecule has 1 aromatic heterocycles. The third-order valence-corrected chi connectivity index (χ3v) is 8.22. The summed E-state index contributed by atoms with van der Waals surface area (Å²) in [5, 5.41) is 23.1. The highest BCUT2D eigenvalue weighted by atomic mass is 35.5. The number of carbonyl (C=O) groups is 1. The Morgan fingerprint density at radius 1 is 0.896 bits per heavy atom. The topological polar surface area (TPSA) is 101 Å². The molecule has 5 aromatic rings. The van der Waals surface area contributed by atoms with Crippen molar-refractivity contribution in [1.29, 1.82) is 0 Å². The van der Waals surface area contributed by atoms with Crippen LogP contribution in [0.25, 0.3) is 10.9 Å². The van der Waals surface area contributed by atoms with E-state index in [9.17, 15) is 15.0 Å². The Labute approximate surface area is 286 Å². The summed E-state index contributed by atoms with van der Waals surface area (Å²) >= 11 is 6.20. The maximum absolute atomic E-state index is 11.2. The minimum atomic E-state index is -0.783. The predicted molar refractivity (Wildman–Crippen MR) is 187 cm³/mol. The Hall–Kier alpha value is -4.47. The lowest BCUT2D eigenvalue weighted by Crippen LogP contribution is -2.41. The average molecular weight is 669 g/mol. The van der Waals surface area contributed by atoms with Crippen LogP contribution in [0, 0.1) is 0 Å². The fourth-order valence-corrected chi connectivity index (χ4v) is 5.61. The summed E-state index contributed by atoms with van der Waals surface area (Å²) in [5.74, 6) is 1.08. The summed E-state index contributed by atoms with van der Waals surface area (Å²) in [7, 11) is 0. The number of halogens is 1. The number of fused-ring (bicyclic) bond motifs is 1. The van der Waals surface area contributed by atoms with Gasteiger partial charge >= 0.3 is 5.97 Å². The van der Waals surface area contributed by atoms with E-state index in [1.165, 1.54) is 6.92 Å². The van der Waals surface area contributed by atoms with Gasteiger partial charge in [0.1, 0.15) is 11.5 Å². The van der Waals surface area contributed by atoms with Crippen LogP contribution in [0.4, 0.5) is 0 Å². The van der Waals surface area contributed by atoms with E-state index in [1.54, 1.807) is 24.3 Å². The van der Waals surface area contributed by atoms with Crippen LogP contribution in [-0.2, 0) is 28.1 Å². The molecule has 0 fully saturated rings. The first-order chi connectivity index (χ1) is 23.0. The first kappa shape index (κ1) is 34.9. The summed E-state index contributed by atoms with van der Waals surface area (Å²) in [6, 6.07) is 32.0. The molecule has 5 rings (SSSR count). The quantitative estimate of drug-likeness (QED) is 0.0962. The molecule has 0 saturated carbocycles. The highest BCUT2D eigenvalue weighted by Crippen LogP contribution is 2.35. The molecule has 2 N–H and O–H groups in total. The van der Waals surface area contributed by atoms with E-state index in [0.29, 0.717) is 47.3 Å². The van der Waals surface area contributed by atoms with Gasteiger partial charge in [0.25, 0.3) is 0 Å². The first-order valence-electron chi connectivity index (χ1n) is 15.9. The summed E-state index contributed by atoms with van der Waals surface area (Å²) in [4.78, 5) is 28.0. The summed E-state index contributed by atoms with van der Waals surface area (Å²) in [6.45, 7) is 8.29. The smallest absolute Gasteiger partial charge is 0.352 e. The molecule has 8 nitrogen and oxygen atoms in total. The number of rotatable bonds is 13. The Morgan fingerprint density at radius 2 is 1.62 bits per heavy atom. The Balaban J connectivity index is 1.36. The number of hydrogen-bond acceptors (Lipinski definition) is 8. The van der Waals surface area contributed by atoms with Gasteiger partial charge in [-0.15, -0.1) is 0 Å². The van der Waals surface area contributed by atoms with Crippen LogP contribution in [0.1, 0.15) is 56.2 Å². The number of aliphatic hydroxyl groups is 2. The van der Waals surface area contributed by atoms with Gasteiger partial charge in [-0.1, -0.05) is 87.0 Å². The predicted octanol–water partition coefficient (Wildman–Crippen LogP) is 7.97. The minimum absolute atomic E-state index is 0.0882. The molecule has 250 valence electrons. The summed E-state index contributed by atoms with van der Waals surface area (Å²) < 4.78 is 6.42. The fourth-order valence-electron chi connectivity index (χ4n) is 5.41. The lowest BCUT2D eigenvalue weighted by molar-refractivity contribution is -0.210. The standard InChI is InChI=1S/C39H41ClN2O6/c1-26(44)47-48-33-17-18-34-35(21-33)41-38(39(2,3)4)22-37(34)46-32-15-13-27(14-16-32)19-31(25-43)42(23-28-9-6-5-7-10-28)24-36(45)29-11-8-12-30(40)20-29/h5-18,20-22,31,36,43,45H,19,23-25H2,1-4H3/t31-,36-/m0/s1. The van der Waals surface area contributed by atoms with Gasteiger partial charge in [0.15, 0.2) is 5.75 Å². The van der Waals surface area contributed by atoms with Crippen LogP contribution in [0.15, 0.2) is 103 Å². The molecule has 0 unspecified atom stereocenters. The molecule has 0 radical (unpaired) electrons. The van der Waals surface area contributed by atoms with Crippen molar-refractivity contribution >= 4 is 28.5 Å². The number of carbonyl (C=O) groups excluding carboxylic acids is 1. The van der Waals surface area contributed by atoms with Crippen molar-refractivity contribution in [2.75, 3.05) is 13.2 Å². The van der Waals surface area contributed by atoms with Crippen molar-refractivity contribution in [3.05, 3.63) is 131 Å². The monoisotopic (exact) mass is 668 g/mol. The molecular weight excluding hydrogens is 628 g/mol. The number of ether oxygens (including phenoxy) is 1. The minimum Gasteiger partial charge on any atom is -0.457 e. The van der Waals surface area contributed by atoms with Crippen LogP contribution in [-0.4, -0.2) is 45.3 Å². The highest BCUT2D eigenvalue weighted by Gasteiger charge is 2.23. The molecule has 0 spiro atoms.